The summed E-state index contributed by atoms with van der Waals surface area (Å²) in [4.78, 5) is 4.30. The average molecular weight is 267 g/mol. The van der Waals surface area contributed by atoms with Crippen molar-refractivity contribution >= 4 is 23.0 Å². The zero-order valence-electron chi connectivity index (χ0n) is 11.8. The van der Waals surface area contributed by atoms with Gasteiger partial charge in [0.15, 0.2) is 0 Å². The van der Waals surface area contributed by atoms with Crippen molar-refractivity contribution in [3.63, 3.8) is 0 Å². The summed E-state index contributed by atoms with van der Waals surface area (Å²) < 4.78 is 0. The second-order valence-electron chi connectivity index (χ2n) is 4.58. The van der Waals surface area contributed by atoms with Gasteiger partial charge in [-0.2, -0.15) is 0 Å². The highest BCUT2D eigenvalue weighted by Crippen LogP contribution is 2.28. The largest absolute Gasteiger partial charge is 0.378 e. The third kappa shape index (κ3) is 3.42. The highest BCUT2D eigenvalue weighted by molar-refractivity contribution is 6.32. The summed E-state index contributed by atoms with van der Waals surface area (Å²) in [5.41, 5.74) is 3.11. The van der Waals surface area contributed by atoms with Crippen molar-refractivity contribution in [2.24, 2.45) is 0 Å². The van der Waals surface area contributed by atoms with Crippen molar-refractivity contribution in [2.45, 2.75) is 20.3 Å². The molecule has 0 saturated carbocycles. The highest BCUT2D eigenvalue weighted by atomic mass is 35.5. The number of hydrogen-bond acceptors (Lipinski definition) is 2. The molecule has 0 fully saturated rings. The molecule has 0 N–H and O–H groups in total. The predicted molar refractivity (Wildman–Crippen MR) is 82.4 cm³/mol. The number of halogens is 1. The maximum Gasteiger partial charge on any atom is 0.0519 e. The van der Waals surface area contributed by atoms with Crippen LogP contribution < -0.4 is 4.90 Å². The van der Waals surface area contributed by atoms with Crippen LogP contribution in [-0.2, 0) is 0 Å². The molecule has 0 radical (unpaired) electrons. The van der Waals surface area contributed by atoms with Crippen molar-refractivity contribution in [3.05, 3.63) is 35.4 Å². The molecule has 0 aliphatic carbocycles. The smallest absolute Gasteiger partial charge is 0.0519 e. The quantitative estimate of drug-likeness (QED) is 0.765. The molecule has 0 amide bonds. The Labute approximate surface area is 116 Å². The second-order valence-corrected chi connectivity index (χ2v) is 4.99. The Morgan fingerprint density at radius 2 is 1.94 bits per heavy atom. The van der Waals surface area contributed by atoms with Gasteiger partial charge in [0, 0.05) is 44.1 Å². The summed E-state index contributed by atoms with van der Waals surface area (Å²) in [6.45, 7) is 10.4. The van der Waals surface area contributed by atoms with Crippen molar-refractivity contribution in [3.8, 4) is 0 Å². The minimum Gasteiger partial charge on any atom is -0.378 e. The summed E-state index contributed by atoms with van der Waals surface area (Å²) in [6, 6.07) is 6.21. The van der Waals surface area contributed by atoms with Crippen LogP contribution in [0.1, 0.15) is 25.8 Å². The fourth-order valence-corrected chi connectivity index (χ4v) is 2.20. The molecule has 100 valence electrons. The van der Waals surface area contributed by atoms with Gasteiger partial charge in [0.2, 0.25) is 0 Å². The van der Waals surface area contributed by atoms with Gasteiger partial charge in [-0.25, -0.2) is 0 Å². The monoisotopic (exact) mass is 266 g/mol. The number of benzene rings is 1. The molecule has 0 aliphatic heterocycles. The van der Waals surface area contributed by atoms with Crippen LogP contribution in [0.5, 0.6) is 0 Å². The number of rotatable bonds is 6. The van der Waals surface area contributed by atoms with E-state index in [9.17, 15) is 0 Å². The lowest BCUT2D eigenvalue weighted by molar-refractivity contribution is 0.593. The Morgan fingerprint density at radius 1 is 1.28 bits per heavy atom. The van der Waals surface area contributed by atoms with Gasteiger partial charge in [-0.15, -0.1) is 0 Å². The van der Waals surface area contributed by atoms with Crippen LogP contribution in [0.4, 0.5) is 5.69 Å². The molecule has 0 saturated heterocycles. The summed E-state index contributed by atoms with van der Waals surface area (Å²) in [5, 5.41) is 0.765. The van der Waals surface area contributed by atoms with Gasteiger partial charge in [0.1, 0.15) is 0 Å². The molecule has 0 heterocycles. The van der Waals surface area contributed by atoms with Gasteiger partial charge in [-0.05, 0) is 31.5 Å². The van der Waals surface area contributed by atoms with E-state index in [-0.39, 0.29) is 0 Å². The molecule has 3 heteroatoms. The van der Waals surface area contributed by atoms with Gasteiger partial charge in [0.25, 0.3) is 0 Å². The second kappa shape index (κ2) is 6.69. The Bertz CT molecular complexity index is 413. The lowest BCUT2D eigenvalue weighted by Crippen LogP contribution is -2.23. The van der Waals surface area contributed by atoms with Crippen LogP contribution in [0.3, 0.4) is 0 Å². The number of anilines is 1. The van der Waals surface area contributed by atoms with Crippen LogP contribution in [0.25, 0.3) is 5.70 Å². The van der Waals surface area contributed by atoms with Gasteiger partial charge in [-0.1, -0.05) is 25.1 Å². The van der Waals surface area contributed by atoms with E-state index in [0.29, 0.717) is 0 Å². The fourth-order valence-electron chi connectivity index (χ4n) is 1.92. The van der Waals surface area contributed by atoms with E-state index in [1.54, 1.807) is 0 Å². The Hall–Kier alpha value is -1.15. The Balaban J connectivity index is 3.01. The number of nitrogens with zero attached hydrogens (tertiary/aromatic N) is 2. The molecule has 1 aromatic rings. The topological polar surface area (TPSA) is 6.48 Å². The summed E-state index contributed by atoms with van der Waals surface area (Å²) >= 11 is 6.36. The maximum absolute atomic E-state index is 6.36. The van der Waals surface area contributed by atoms with Gasteiger partial charge < -0.3 is 9.80 Å². The van der Waals surface area contributed by atoms with Crippen molar-refractivity contribution in [1.82, 2.24) is 4.90 Å². The zero-order valence-corrected chi connectivity index (χ0v) is 12.6. The Kier molecular flexibility index (Phi) is 5.54. The minimum atomic E-state index is 0.765. The first-order valence-corrected chi connectivity index (χ1v) is 6.80. The average Bonchev–Trinajstić information content (AvgIpc) is 2.34. The van der Waals surface area contributed by atoms with E-state index in [4.69, 9.17) is 11.6 Å². The molecule has 0 atom stereocenters. The van der Waals surface area contributed by atoms with Crippen molar-refractivity contribution in [1.29, 1.82) is 0 Å². The predicted octanol–water partition coefficient (Wildman–Crippen LogP) is 4.11. The lowest BCUT2D eigenvalue weighted by Gasteiger charge is -2.24. The fraction of sp³-hybridized carbons (Fsp3) is 0.467. The van der Waals surface area contributed by atoms with Crippen LogP contribution >= 0.6 is 11.6 Å². The highest BCUT2D eigenvalue weighted by Gasteiger charge is 2.09. The zero-order chi connectivity index (χ0) is 13.7. The van der Waals surface area contributed by atoms with Gasteiger partial charge >= 0.3 is 0 Å². The molecule has 0 bridgehead atoms. The summed E-state index contributed by atoms with van der Waals surface area (Å²) in [5.74, 6) is 0. The molecule has 18 heavy (non-hydrogen) atoms. The molecular weight excluding hydrogens is 244 g/mol. The minimum absolute atomic E-state index is 0.765. The summed E-state index contributed by atoms with van der Waals surface area (Å²) in [6.07, 6.45) is 1.14. The van der Waals surface area contributed by atoms with Crippen molar-refractivity contribution < 1.29 is 0 Å². The molecule has 0 aromatic heterocycles. The normalized spacial score (nSPS) is 10.3. The van der Waals surface area contributed by atoms with E-state index >= 15 is 0 Å². The first-order valence-electron chi connectivity index (χ1n) is 6.42. The van der Waals surface area contributed by atoms with E-state index < -0.39 is 0 Å². The van der Waals surface area contributed by atoms with Crippen LogP contribution in [-0.4, -0.2) is 32.1 Å². The molecule has 0 unspecified atom stereocenters. The molecule has 1 rings (SSSR count). The lowest BCUT2D eigenvalue weighted by atomic mass is 10.1. The van der Waals surface area contributed by atoms with Crippen LogP contribution in [0.2, 0.25) is 5.02 Å². The van der Waals surface area contributed by atoms with Gasteiger partial charge in [-0.3, -0.25) is 0 Å². The molecular formula is C15H23ClN2. The van der Waals surface area contributed by atoms with E-state index in [0.717, 1.165) is 35.8 Å². The van der Waals surface area contributed by atoms with Gasteiger partial charge in [0.05, 0.1) is 5.02 Å². The molecule has 1 aromatic carbocycles. The van der Waals surface area contributed by atoms with Crippen LogP contribution in [0.15, 0.2) is 24.8 Å². The summed E-state index contributed by atoms with van der Waals surface area (Å²) in [7, 11) is 3.95. The third-order valence-electron chi connectivity index (χ3n) is 3.04. The standard InChI is InChI=1S/C15H23ClN2/c1-6-10-18(7-2)13-8-9-14(15(16)11-13)12(3)17(4)5/h8-9,11H,3,6-7,10H2,1-2,4-5H3. The van der Waals surface area contributed by atoms with E-state index in [2.05, 4.69) is 37.5 Å². The Morgan fingerprint density at radius 3 is 2.39 bits per heavy atom. The maximum atomic E-state index is 6.36. The first-order chi connectivity index (χ1) is 8.51. The first kappa shape index (κ1) is 14.9. The van der Waals surface area contributed by atoms with Crippen LogP contribution in [0, 0.1) is 0 Å². The molecule has 0 aliphatic rings. The number of hydrogen-bond donors (Lipinski definition) is 0. The SMILES string of the molecule is C=C(c1ccc(N(CC)CCC)cc1Cl)N(C)C. The third-order valence-corrected chi connectivity index (χ3v) is 3.36. The molecule has 0 spiro atoms. The van der Waals surface area contributed by atoms with E-state index in [1.165, 1.54) is 5.69 Å². The van der Waals surface area contributed by atoms with E-state index in [1.807, 2.05) is 25.1 Å². The van der Waals surface area contributed by atoms with Crippen molar-refractivity contribution in [2.75, 3.05) is 32.1 Å². The molecule has 2 nitrogen and oxygen atoms in total.